The zero-order valence-electron chi connectivity index (χ0n) is 11.3. The molecule has 0 unspecified atom stereocenters. The Morgan fingerprint density at radius 1 is 1.37 bits per heavy atom. The Morgan fingerprint density at radius 2 is 2.16 bits per heavy atom. The van der Waals surface area contributed by atoms with Crippen molar-refractivity contribution in [3.8, 4) is 5.75 Å². The summed E-state index contributed by atoms with van der Waals surface area (Å²) in [5.74, 6) is 0.467. The lowest BCUT2D eigenvalue weighted by Gasteiger charge is -2.31. The fraction of sp³-hybridized carbons (Fsp3) is 0.500. The summed E-state index contributed by atoms with van der Waals surface area (Å²) in [6.07, 6.45) is 0.867. The summed E-state index contributed by atoms with van der Waals surface area (Å²) in [6, 6.07) is 7.25. The van der Waals surface area contributed by atoms with E-state index in [1.807, 2.05) is 12.1 Å². The number of ether oxygens (including phenoxy) is 2. The maximum atomic E-state index is 12.3. The van der Waals surface area contributed by atoms with Crippen LogP contribution in [0.25, 0.3) is 0 Å². The Kier molecular flexibility index (Phi) is 4.76. The van der Waals surface area contributed by atoms with Crippen molar-refractivity contribution in [2.75, 3.05) is 27.3 Å². The Balaban J connectivity index is 2.07. The first kappa shape index (κ1) is 13.8. The van der Waals surface area contributed by atoms with E-state index in [2.05, 4.69) is 10.6 Å². The fourth-order valence-corrected chi connectivity index (χ4v) is 2.32. The number of carbonyl (C=O) groups excluding carboxylic acids is 1. The highest BCUT2D eigenvalue weighted by Gasteiger charge is 2.27. The van der Waals surface area contributed by atoms with Crippen LogP contribution in [-0.4, -0.2) is 45.4 Å². The minimum atomic E-state index is -0.119. The van der Waals surface area contributed by atoms with Crippen LogP contribution in [0.4, 0.5) is 0 Å². The third-order valence-electron chi connectivity index (χ3n) is 3.40. The van der Waals surface area contributed by atoms with Crippen molar-refractivity contribution in [1.29, 1.82) is 0 Å². The predicted molar refractivity (Wildman–Crippen MR) is 72.5 cm³/mol. The minimum Gasteiger partial charge on any atom is -0.496 e. The molecule has 0 saturated carbocycles. The Morgan fingerprint density at radius 3 is 2.89 bits per heavy atom. The molecular weight excluding hydrogens is 244 g/mol. The largest absolute Gasteiger partial charge is 0.496 e. The number of methoxy groups -OCH3 is 2. The standard InChI is InChI=1S/C14H20N2O3/c1-18-12-6-4-3-5-10(12)14(17)16-11-7-8-15-9-13(11)19-2/h3-6,11,13,15H,7-9H2,1-2H3,(H,16,17)/t11-,13+/m0/s1. The lowest BCUT2D eigenvalue weighted by Crippen LogP contribution is -2.53. The maximum absolute atomic E-state index is 12.3. The Labute approximate surface area is 113 Å². The predicted octanol–water partition coefficient (Wildman–Crippen LogP) is 0.802. The SMILES string of the molecule is COc1ccccc1C(=O)N[C@H]1CCNC[C@H]1OC. The normalized spacial score (nSPS) is 22.8. The molecule has 1 amide bonds. The van der Waals surface area contributed by atoms with Gasteiger partial charge in [0, 0.05) is 13.7 Å². The lowest BCUT2D eigenvalue weighted by atomic mass is 10.0. The van der Waals surface area contributed by atoms with Gasteiger partial charge in [-0.2, -0.15) is 0 Å². The molecule has 0 aromatic heterocycles. The van der Waals surface area contributed by atoms with E-state index in [1.165, 1.54) is 0 Å². The number of nitrogens with one attached hydrogen (secondary N) is 2. The molecule has 1 saturated heterocycles. The number of amides is 1. The molecule has 1 aliphatic heterocycles. The van der Waals surface area contributed by atoms with Crippen molar-refractivity contribution < 1.29 is 14.3 Å². The average molecular weight is 264 g/mol. The van der Waals surface area contributed by atoms with Gasteiger partial charge in [-0.15, -0.1) is 0 Å². The molecule has 0 spiro atoms. The summed E-state index contributed by atoms with van der Waals surface area (Å²) in [4.78, 5) is 12.3. The quantitative estimate of drug-likeness (QED) is 0.844. The van der Waals surface area contributed by atoms with Crippen LogP contribution in [0.2, 0.25) is 0 Å². The first-order chi connectivity index (χ1) is 9.26. The highest BCUT2D eigenvalue weighted by molar-refractivity contribution is 5.97. The van der Waals surface area contributed by atoms with E-state index in [0.29, 0.717) is 11.3 Å². The van der Waals surface area contributed by atoms with Crippen LogP contribution in [0.1, 0.15) is 16.8 Å². The molecule has 2 N–H and O–H groups in total. The first-order valence-corrected chi connectivity index (χ1v) is 6.43. The first-order valence-electron chi connectivity index (χ1n) is 6.43. The molecule has 2 atom stereocenters. The maximum Gasteiger partial charge on any atom is 0.255 e. The van der Waals surface area contributed by atoms with E-state index in [0.717, 1.165) is 19.5 Å². The second-order valence-electron chi connectivity index (χ2n) is 4.55. The molecule has 0 bridgehead atoms. The van der Waals surface area contributed by atoms with Gasteiger partial charge >= 0.3 is 0 Å². The van der Waals surface area contributed by atoms with Gasteiger partial charge in [0.15, 0.2) is 0 Å². The third-order valence-corrected chi connectivity index (χ3v) is 3.40. The summed E-state index contributed by atoms with van der Waals surface area (Å²) in [5.41, 5.74) is 0.554. The van der Waals surface area contributed by atoms with Gasteiger partial charge in [0.2, 0.25) is 0 Å². The van der Waals surface area contributed by atoms with Gasteiger partial charge in [-0.05, 0) is 25.1 Å². The van der Waals surface area contributed by atoms with E-state index in [1.54, 1.807) is 26.4 Å². The number of rotatable bonds is 4. The molecule has 1 fully saturated rings. The topological polar surface area (TPSA) is 59.6 Å². The molecule has 1 aliphatic rings. The number of benzene rings is 1. The van der Waals surface area contributed by atoms with Gasteiger partial charge < -0.3 is 20.1 Å². The molecule has 0 aliphatic carbocycles. The molecule has 2 rings (SSSR count). The van der Waals surface area contributed by atoms with Crippen molar-refractivity contribution in [3.63, 3.8) is 0 Å². The fourth-order valence-electron chi connectivity index (χ4n) is 2.32. The zero-order chi connectivity index (χ0) is 13.7. The van der Waals surface area contributed by atoms with Crippen LogP contribution in [-0.2, 0) is 4.74 Å². The van der Waals surface area contributed by atoms with E-state index in [4.69, 9.17) is 9.47 Å². The van der Waals surface area contributed by atoms with E-state index < -0.39 is 0 Å². The number of para-hydroxylation sites is 1. The van der Waals surface area contributed by atoms with Crippen molar-refractivity contribution >= 4 is 5.91 Å². The number of hydrogen-bond donors (Lipinski definition) is 2. The summed E-state index contributed by atoms with van der Waals surface area (Å²) < 4.78 is 10.6. The molecule has 1 aromatic carbocycles. The highest BCUT2D eigenvalue weighted by atomic mass is 16.5. The van der Waals surface area contributed by atoms with Gasteiger partial charge in [-0.25, -0.2) is 0 Å². The zero-order valence-corrected chi connectivity index (χ0v) is 11.3. The van der Waals surface area contributed by atoms with Gasteiger partial charge in [-0.1, -0.05) is 12.1 Å². The summed E-state index contributed by atoms with van der Waals surface area (Å²) >= 11 is 0. The monoisotopic (exact) mass is 264 g/mol. The van der Waals surface area contributed by atoms with E-state index in [-0.39, 0.29) is 18.1 Å². The second kappa shape index (κ2) is 6.54. The van der Waals surface area contributed by atoms with Crippen LogP contribution >= 0.6 is 0 Å². The minimum absolute atomic E-state index is 0.00686. The van der Waals surface area contributed by atoms with Gasteiger partial charge in [-0.3, -0.25) is 4.79 Å². The average Bonchev–Trinajstić information content (AvgIpc) is 2.47. The second-order valence-corrected chi connectivity index (χ2v) is 4.55. The molecule has 5 heteroatoms. The molecule has 0 radical (unpaired) electrons. The van der Waals surface area contributed by atoms with Gasteiger partial charge in [0.25, 0.3) is 5.91 Å². The Hall–Kier alpha value is -1.59. The molecule has 104 valence electrons. The van der Waals surface area contributed by atoms with Crippen molar-refractivity contribution in [3.05, 3.63) is 29.8 Å². The van der Waals surface area contributed by atoms with Crippen molar-refractivity contribution in [2.45, 2.75) is 18.6 Å². The lowest BCUT2D eigenvalue weighted by molar-refractivity contribution is 0.0476. The molecular formula is C14H20N2O3. The summed E-state index contributed by atoms with van der Waals surface area (Å²) in [7, 11) is 3.23. The van der Waals surface area contributed by atoms with Crippen LogP contribution in [0.3, 0.4) is 0 Å². The van der Waals surface area contributed by atoms with Crippen LogP contribution in [0.5, 0.6) is 5.75 Å². The third kappa shape index (κ3) is 3.24. The number of piperidine rings is 1. The van der Waals surface area contributed by atoms with Crippen molar-refractivity contribution in [2.24, 2.45) is 0 Å². The van der Waals surface area contributed by atoms with Crippen LogP contribution < -0.4 is 15.4 Å². The summed E-state index contributed by atoms with van der Waals surface area (Å²) in [5, 5.41) is 6.28. The van der Waals surface area contributed by atoms with Gasteiger partial charge in [0.1, 0.15) is 5.75 Å². The van der Waals surface area contributed by atoms with E-state index in [9.17, 15) is 4.79 Å². The molecule has 1 aromatic rings. The summed E-state index contributed by atoms with van der Waals surface area (Å²) in [6.45, 7) is 1.64. The molecule has 5 nitrogen and oxygen atoms in total. The van der Waals surface area contributed by atoms with Crippen molar-refractivity contribution in [1.82, 2.24) is 10.6 Å². The number of hydrogen-bond acceptors (Lipinski definition) is 4. The Bertz CT molecular complexity index is 436. The van der Waals surface area contributed by atoms with Gasteiger partial charge in [0.05, 0.1) is 24.8 Å². The smallest absolute Gasteiger partial charge is 0.255 e. The number of carbonyl (C=O) groups is 1. The molecule has 1 heterocycles. The highest BCUT2D eigenvalue weighted by Crippen LogP contribution is 2.18. The van der Waals surface area contributed by atoms with Crippen LogP contribution in [0.15, 0.2) is 24.3 Å². The van der Waals surface area contributed by atoms with Crippen LogP contribution in [0, 0.1) is 0 Å². The molecule has 19 heavy (non-hydrogen) atoms. The van der Waals surface area contributed by atoms with E-state index >= 15 is 0 Å².